The fourth-order valence-corrected chi connectivity index (χ4v) is 3.32. The molecule has 5 heteroatoms. The molecule has 3 rings (SSSR count). The van der Waals surface area contributed by atoms with Crippen LogP contribution in [0.1, 0.15) is 32.1 Å². The van der Waals surface area contributed by atoms with Crippen LogP contribution in [0.25, 0.3) is 11.0 Å². The van der Waals surface area contributed by atoms with Gasteiger partial charge in [-0.1, -0.05) is 25.7 Å². The Labute approximate surface area is 120 Å². The molecule has 0 amide bonds. The Bertz CT molecular complexity index is 602. The van der Waals surface area contributed by atoms with Gasteiger partial charge in [0.05, 0.1) is 15.5 Å². The average molecular weight is 326 g/mol. The smallest absolute Gasteiger partial charge is 0.201 e. The Morgan fingerprint density at radius 1 is 1.37 bits per heavy atom. The summed E-state index contributed by atoms with van der Waals surface area (Å²) >= 11 is 3.22. The van der Waals surface area contributed by atoms with Gasteiger partial charge in [0.25, 0.3) is 0 Å². The maximum absolute atomic E-state index is 13.5. The third-order valence-corrected chi connectivity index (χ3v) is 4.66. The summed E-state index contributed by atoms with van der Waals surface area (Å²) < 4.78 is 15.9. The molecule has 1 aromatic heterocycles. The number of nitrogens with two attached hydrogens (primary N) is 1. The summed E-state index contributed by atoms with van der Waals surface area (Å²) in [4.78, 5) is 4.24. The van der Waals surface area contributed by atoms with Crippen molar-refractivity contribution in [2.75, 3.05) is 5.73 Å². The number of rotatable bonds is 3. The lowest BCUT2D eigenvalue weighted by molar-refractivity contribution is 0.464. The summed E-state index contributed by atoms with van der Waals surface area (Å²) in [5, 5.41) is 0. The van der Waals surface area contributed by atoms with E-state index in [1.165, 1.54) is 31.7 Å². The summed E-state index contributed by atoms with van der Waals surface area (Å²) in [5.41, 5.74) is 7.49. The molecule has 0 saturated heterocycles. The zero-order chi connectivity index (χ0) is 13.4. The van der Waals surface area contributed by atoms with E-state index in [1.807, 2.05) is 4.57 Å². The zero-order valence-electron chi connectivity index (χ0n) is 10.7. The fourth-order valence-electron chi connectivity index (χ4n) is 2.98. The molecule has 1 aliphatic rings. The van der Waals surface area contributed by atoms with Crippen molar-refractivity contribution in [1.29, 1.82) is 0 Å². The Kier molecular flexibility index (Phi) is 3.48. The van der Waals surface area contributed by atoms with E-state index >= 15 is 0 Å². The number of hydrogen-bond acceptors (Lipinski definition) is 2. The van der Waals surface area contributed by atoms with Gasteiger partial charge >= 0.3 is 0 Å². The molecule has 1 saturated carbocycles. The lowest BCUT2D eigenvalue weighted by Crippen LogP contribution is -2.07. The molecule has 19 heavy (non-hydrogen) atoms. The van der Waals surface area contributed by atoms with E-state index in [2.05, 4.69) is 20.9 Å². The van der Waals surface area contributed by atoms with E-state index < -0.39 is 0 Å². The molecule has 0 radical (unpaired) electrons. The molecule has 2 N–H and O–H groups in total. The van der Waals surface area contributed by atoms with Crippen LogP contribution >= 0.6 is 15.9 Å². The van der Waals surface area contributed by atoms with E-state index in [9.17, 15) is 4.39 Å². The monoisotopic (exact) mass is 325 g/mol. The molecule has 3 nitrogen and oxygen atoms in total. The number of aryl methyl sites for hydroxylation is 1. The maximum atomic E-state index is 13.5. The number of anilines is 1. The van der Waals surface area contributed by atoms with Gasteiger partial charge in [0.1, 0.15) is 5.82 Å². The van der Waals surface area contributed by atoms with Crippen LogP contribution < -0.4 is 5.73 Å². The highest BCUT2D eigenvalue weighted by Crippen LogP contribution is 2.30. The van der Waals surface area contributed by atoms with Crippen LogP contribution in [0.2, 0.25) is 0 Å². The third kappa shape index (κ3) is 2.48. The molecule has 2 aromatic rings. The second kappa shape index (κ2) is 5.12. The molecule has 102 valence electrons. The molecular formula is C14H17BrFN3. The van der Waals surface area contributed by atoms with Gasteiger partial charge in [0.15, 0.2) is 0 Å². The molecule has 0 spiro atoms. The van der Waals surface area contributed by atoms with E-state index in [-0.39, 0.29) is 5.82 Å². The van der Waals surface area contributed by atoms with E-state index in [1.54, 1.807) is 6.07 Å². The molecular weight excluding hydrogens is 309 g/mol. The second-order valence-corrected chi connectivity index (χ2v) is 6.17. The van der Waals surface area contributed by atoms with Gasteiger partial charge in [-0.05, 0) is 34.3 Å². The standard InChI is InChI=1S/C14H17BrFN3/c15-10-7-13-12(8-11(10)16)18-14(17)19(13)6-5-9-3-1-2-4-9/h7-9H,1-6H2,(H2,17,18). The van der Waals surface area contributed by atoms with E-state index in [0.29, 0.717) is 15.9 Å². The zero-order valence-corrected chi connectivity index (χ0v) is 12.3. The minimum atomic E-state index is -0.298. The fraction of sp³-hybridized carbons (Fsp3) is 0.500. The molecule has 1 heterocycles. The number of nitrogen functional groups attached to an aromatic ring is 1. The average Bonchev–Trinajstić information content (AvgIpc) is 2.96. The summed E-state index contributed by atoms with van der Waals surface area (Å²) in [6.07, 6.45) is 6.48. The van der Waals surface area contributed by atoms with Crippen molar-refractivity contribution in [3.05, 3.63) is 22.4 Å². The van der Waals surface area contributed by atoms with Gasteiger partial charge in [-0.15, -0.1) is 0 Å². The highest BCUT2D eigenvalue weighted by atomic mass is 79.9. The van der Waals surface area contributed by atoms with Crippen LogP contribution in [0, 0.1) is 11.7 Å². The Morgan fingerprint density at radius 3 is 2.84 bits per heavy atom. The third-order valence-electron chi connectivity index (χ3n) is 4.06. The molecule has 1 aromatic carbocycles. The first kappa shape index (κ1) is 12.9. The van der Waals surface area contributed by atoms with Gasteiger partial charge in [0, 0.05) is 12.6 Å². The van der Waals surface area contributed by atoms with Crippen LogP contribution in [-0.2, 0) is 6.54 Å². The molecule has 0 bridgehead atoms. The van der Waals surface area contributed by atoms with Crippen molar-refractivity contribution in [3.63, 3.8) is 0 Å². The van der Waals surface area contributed by atoms with Crippen molar-refractivity contribution >= 4 is 32.9 Å². The largest absolute Gasteiger partial charge is 0.369 e. The number of fused-ring (bicyclic) bond motifs is 1. The number of aromatic nitrogens is 2. The van der Waals surface area contributed by atoms with Crippen molar-refractivity contribution in [1.82, 2.24) is 9.55 Å². The van der Waals surface area contributed by atoms with Crippen LogP contribution in [0.4, 0.5) is 10.3 Å². The van der Waals surface area contributed by atoms with Crippen LogP contribution in [0.15, 0.2) is 16.6 Å². The van der Waals surface area contributed by atoms with Gasteiger partial charge in [-0.2, -0.15) is 0 Å². The first-order chi connectivity index (χ1) is 9.15. The van der Waals surface area contributed by atoms with Crippen molar-refractivity contribution in [3.8, 4) is 0 Å². The van der Waals surface area contributed by atoms with Crippen LogP contribution in [0.3, 0.4) is 0 Å². The summed E-state index contributed by atoms with van der Waals surface area (Å²) in [7, 11) is 0. The van der Waals surface area contributed by atoms with Gasteiger partial charge in [-0.3, -0.25) is 0 Å². The number of imidazole rings is 1. The second-order valence-electron chi connectivity index (χ2n) is 5.32. The van der Waals surface area contributed by atoms with Crippen LogP contribution in [-0.4, -0.2) is 9.55 Å². The van der Waals surface area contributed by atoms with E-state index in [4.69, 9.17) is 5.73 Å². The highest BCUT2D eigenvalue weighted by Gasteiger charge is 2.17. The number of nitrogens with zero attached hydrogens (tertiary/aromatic N) is 2. The maximum Gasteiger partial charge on any atom is 0.201 e. The predicted molar refractivity (Wildman–Crippen MR) is 78.4 cm³/mol. The topological polar surface area (TPSA) is 43.8 Å². The Balaban J connectivity index is 1.89. The summed E-state index contributed by atoms with van der Waals surface area (Å²) in [6, 6.07) is 3.20. The Hall–Kier alpha value is -1.10. The lowest BCUT2D eigenvalue weighted by atomic mass is 10.0. The van der Waals surface area contributed by atoms with E-state index in [0.717, 1.165) is 24.4 Å². The van der Waals surface area contributed by atoms with Crippen molar-refractivity contribution in [2.45, 2.75) is 38.6 Å². The summed E-state index contributed by atoms with van der Waals surface area (Å²) in [6.45, 7) is 0.866. The molecule has 1 fully saturated rings. The minimum absolute atomic E-state index is 0.298. The molecule has 0 atom stereocenters. The predicted octanol–water partition coefficient (Wildman–Crippen LogP) is 4.10. The van der Waals surface area contributed by atoms with Crippen molar-refractivity contribution in [2.24, 2.45) is 5.92 Å². The van der Waals surface area contributed by atoms with Gasteiger partial charge in [-0.25, -0.2) is 9.37 Å². The number of halogens is 2. The lowest BCUT2D eigenvalue weighted by Gasteiger charge is -2.11. The van der Waals surface area contributed by atoms with Gasteiger partial charge in [0.2, 0.25) is 5.95 Å². The highest BCUT2D eigenvalue weighted by molar-refractivity contribution is 9.10. The number of benzene rings is 1. The molecule has 1 aliphatic carbocycles. The molecule has 0 aliphatic heterocycles. The summed E-state index contributed by atoms with van der Waals surface area (Å²) in [5.74, 6) is 0.985. The first-order valence-corrected chi connectivity index (χ1v) is 7.55. The van der Waals surface area contributed by atoms with Gasteiger partial charge < -0.3 is 10.3 Å². The quantitative estimate of drug-likeness (QED) is 0.923. The normalized spacial score (nSPS) is 16.5. The van der Waals surface area contributed by atoms with Crippen LogP contribution in [0.5, 0.6) is 0 Å². The van der Waals surface area contributed by atoms with Crippen molar-refractivity contribution < 1.29 is 4.39 Å². The first-order valence-electron chi connectivity index (χ1n) is 6.76. The minimum Gasteiger partial charge on any atom is -0.369 e. The number of hydrogen-bond donors (Lipinski definition) is 1. The SMILES string of the molecule is Nc1nc2cc(F)c(Br)cc2n1CCC1CCCC1. The molecule has 0 unspecified atom stereocenters. The Morgan fingerprint density at radius 2 is 2.11 bits per heavy atom.